The van der Waals surface area contributed by atoms with Crippen LogP contribution < -0.4 is 0 Å². The minimum absolute atomic E-state index is 0.290. The van der Waals surface area contributed by atoms with Gasteiger partial charge in [-0.1, -0.05) is 58.9 Å². The minimum Gasteiger partial charge on any atom is -0.380 e. The number of pyridine rings is 1. The summed E-state index contributed by atoms with van der Waals surface area (Å²) in [4.78, 5) is 6.80. The second-order valence-electron chi connectivity index (χ2n) is 10.2. The maximum Gasteiger partial charge on any atom is 0.124 e. The molecule has 1 N–H and O–H groups in total. The zero-order valence-corrected chi connectivity index (χ0v) is 19.6. The third-order valence-electron chi connectivity index (χ3n) is 6.93. The SMILES string of the molecule is CC(C)c1ccc([C@](O)(c2cncc(-n3ccc(C(C)C)c3)c2)C2(C)CN(C)C2)cc1. The molecule has 31 heavy (non-hydrogen) atoms. The quantitative estimate of drug-likeness (QED) is 0.591. The number of rotatable bonds is 6. The first-order valence-electron chi connectivity index (χ1n) is 11.3. The molecule has 1 aromatic carbocycles. The molecule has 4 rings (SSSR count). The van der Waals surface area contributed by atoms with Crippen LogP contribution in [0.4, 0.5) is 0 Å². The van der Waals surface area contributed by atoms with Crippen molar-refractivity contribution >= 4 is 0 Å². The maximum absolute atomic E-state index is 12.4. The molecule has 0 amide bonds. The number of benzene rings is 1. The normalized spacial score (nSPS) is 18.2. The molecule has 1 aliphatic heterocycles. The monoisotopic (exact) mass is 417 g/mol. The van der Waals surface area contributed by atoms with Gasteiger partial charge in [-0.2, -0.15) is 0 Å². The average molecular weight is 418 g/mol. The summed E-state index contributed by atoms with van der Waals surface area (Å²) in [5, 5.41) is 12.4. The Labute approximate surface area is 186 Å². The van der Waals surface area contributed by atoms with E-state index >= 15 is 0 Å². The summed E-state index contributed by atoms with van der Waals surface area (Å²) < 4.78 is 2.10. The Morgan fingerprint density at radius 3 is 2.13 bits per heavy atom. The zero-order valence-electron chi connectivity index (χ0n) is 19.6. The Hall–Kier alpha value is -2.43. The van der Waals surface area contributed by atoms with Crippen LogP contribution in [-0.2, 0) is 5.60 Å². The van der Waals surface area contributed by atoms with Gasteiger partial charge in [-0.05, 0) is 47.7 Å². The molecule has 4 heteroatoms. The first kappa shape index (κ1) is 21.8. The third kappa shape index (κ3) is 3.72. The molecule has 1 aliphatic rings. The van der Waals surface area contributed by atoms with Gasteiger partial charge >= 0.3 is 0 Å². The van der Waals surface area contributed by atoms with Crippen LogP contribution in [0.5, 0.6) is 0 Å². The first-order chi connectivity index (χ1) is 14.6. The molecule has 3 aromatic rings. The van der Waals surface area contributed by atoms with Gasteiger partial charge in [-0.25, -0.2) is 0 Å². The lowest BCUT2D eigenvalue weighted by Crippen LogP contribution is -2.63. The maximum atomic E-state index is 12.4. The van der Waals surface area contributed by atoms with Gasteiger partial charge in [-0.3, -0.25) is 4.98 Å². The van der Waals surface area contributed by atoms with E-state index in [4.69, 9.17) is 0 Å². The Kier molecular flexibility index (Phi) is 5.57. The third-order valence-corrected chi connectivity index (χ3v) is 6.93. The Bertz CT molecular complexity index is 1040. The summed E-state index contributed by atoms with van der Waals surface area (Å²) in [7, 11) is 2.10. The molecule has 1 saturated heterocycles. The molecular formula is C27H35N3O. The smallest absolute Gasteiger partial charge is 0.124 e. The van der Waals surface area contributed by atoms with Crippen molar-refractivity contribution < 1.29 is 5.11 Å². The van der Waals surface area contributed by atoms with Crippen molar-refractivity contribution in [2.24, 2.45) is 5.41 Å². The largest absolute Gasteiger partial charge is 0.380 e. The van der Waals surface area contributed by atoms with Gasteiger partial charge in [0, 0.05) is 42.7 Å². The van der Waals surface area contributed by atoms with Crippen LogP contribution >= 0.6 is 0 Å². The van der Waals surface area contributed by atoms with Crippen LogP contribution in [0.15, 0.2) is 61.2 Å². The molecule has 4 nitrogen and oxygen atoms in total. The van der Waals surface area contributed by atoms with E-state index in [9.17, 15) is 5.11 Å². The Morgan fingerprint density at radius 1 is 0.935 bits per heavy atom. The van der Waals surface area contributed by atoms with Crippen molar-refractivity contribution in [3.63, 3.8) is 0 Å². The first-order valence-corrected chi connectivity index (χ1v) is 11.3. The molecule has 0 aliphatic carbocycles. The molecule has 164 valence electrons. The van der Waals surface area contributed by atoms with Crippen LogP contribution in [0.2, 0.25) is 0 Å². The highest BCUT2D eigenvalue weighted by Gasteiger charge is 2.55. The number of likely N-dealkylation sites (tertiary alicyclic amines) is 1. The molecule has 0 unspecified atom stereocenters. The fourth-order valence-electron chi connectivity index (χ4n) is 5.03. The predicted molar refractivity (Wildman–Crippen MR) is 127 cm³/mol. The molecule has 1 atom stereocenters. The van der Waals surface area contributed by atoms with Gasteiger partial charge < -0.3 is 14.6 Å². The van der Waals surface area contributed by atoms with Gasteiger partial charge in [0.2, 0.25) is 0 Å². The van der Waals surface area contributed by atoms with Crippen LogP contribution in [0.3, 0.4) is 0 Å². The Morgan fingerprint density at radius 2 is 1.58 bits per heavy atom. The zero-order chi connectivity index (χ0) is 22.4. The van der Waals surface area contributed by atoms with Gasteiger partial charge in [0.25, 0.3) is 0 Å². The lowest BCUT2D eigenvalue weighted by Gasteiger charge is -2.55. The highest BCUT2D eigenvalue weighted by atomic mass is 16.3. The molecule has 0 bridgehead atoms. The minimum atomic E-state index is -1.12. The number of hydrogen-bond acceptors (Lipinski definition) is 3. The van der Waals surface area contributed by atoms with E-state index in [1.807, 2.05) is 12.4 Å². The predicted octanol–water partition coefficient (Wildman–Crippen LogP) is 5.31. The van der Waals surface area contributed by atoms with Crippen molar-refractivity contribution in [3.8, 4) is 5.69 Å². The van der Waals surface area contributed by atoms with E-state index in [0.717, 1.165) is 29.9 Å². The molecular weight excluding hydrogens is 382 g/mol. The number of aromatic nitrogens is 2. The van der Waals surface area contributed by atoms with Crippen LogP contribution in [0.25, 0.3) is 5.69 Å². The highest BCUT2D eigenvalue weighted by molar-refractivity contribution is 5.45. The van der Waals surface area contributed by atoms with E-state index in [1.165, 1.54) is 11.1 Å². The van der Waals surface area contributed by atoms with E-state index in [2.05, 4.69) is 105 Å². The summed E-state index contributed by atoms with van der Waals surface area (Å²) in [5.41, 5.74) is 3.91. The number of nitrogens with zero attached hydrogens (tertiary/aromatic N) is 3. The molecule has 0 radical (unpaired) electrons. The summed E-state index contributed by atoms with van der Waals surface area (Å²) >= 11 is 0. The average Bonchev–Trinajstić information content (AvgIpc) is 3.23. The number of hydrogen-bond donors (Lipinski definition) is 1. The van der Waals surface area contributed by atoms with E-state index in [1.54, 1.807) is 0 Å². The lowest BCUT2D eigenvalue weighted by atomic mass is 9.62. The van der Waals surface area contributed by atoms with Crippen LogP contribution in [0, 0.1) is 5.41 Å². The molecule has 3 heterocycles. The standard InChI is InChI=1S/C27H35N3O/c1-19(2)21-7-9-23(10-8-21)27(31,26(5)17-29(6)18-26)24-13-25(15-28-14-24)30-12-11-22(16-30)20(3)4/h7-16,19-20,31H,17-18H2,1-6H3/t27-/m0/s1. The fraction of sp³-hybridized carbons (Fsp3) is 0.444. The fourth-order valence-corrected chi connectivity index (χ4v) is 5.03. The summed E-state index contributed by atoms with van der Waals surface area (Å²) in [6.07, 6.45) is 7.92. The highest BCUT2D eigenvalue weighted by Crippen LogP contribution is 2.50. The van der Waals surface area contributed by atoms with Crippen molar-refractivity contribution in [3.05, 3.63) is 83.4 Å². The van der Waals surface area contributed by atoms with Crippen molar-refractivity contribution in [1.82, 2.24) is 14.5 Å². The van der Waals surface area contributed by atoms with E-state index in [-0.39, 0.29) is 5.41 Å². The van der Waals surface area contributed by atoms with Crippen molar-refractivity contribution in [2.75, 3.05) is 20.1 Å². The Balaban J connectivity index is 1.81. The van der Waals surface area contributed by atoms with Gasteiger partial charge in [0.1, 0.15) is 5.60 Å². The molecule has 2 aromatic heterocycles. The van der Waals surface area contributed by atoms with Crippen LogP contribution in [0.1, 0.15) is 68.7 Å². The second-order valence-corrected chi connectivity index (χ2v) is 10.2. The molecule has 0 spiro atoms. The van der Waals surface area contributed by atoms with Crippen molar-refractivity contribution in [1.29, 1.82) is 0 Å². The molecule has 1 fully saturated rings. The lowest BCUT2D eigenvalue weighted by molar-refractivity contribution is -0.127. The van der Waals surface area contributed by atoms with E-state index in [0.29, 0.717) is 11.8 Å². The van der Waals surface area contributed by atoms with Gasteiger partial charge in [0.15, 0.2) is 0 Å². The summed E-state index contributed by atoms with van der Waals surface area (Å²) in [6.45, 7) is 12.6. The van der Waals surface area contributed by atoms with Gasteiger partial charge in [-0.15, -0.1) is 0 Å². The van der Waals surface area contributed by atoms with E-state index < -0.39 is 5.60 Å². The second kappa shape index (κ2) is 7.92. The van der Waals surface area contributed by atoms with Gasteiger partial charge in [0.05, 0.1) is 11.9 Å². The summed E-state index contributed by atoms with van der Waals surface area (Å²) in [6, 6.07) is 12.7. The summed E-state index contributed by atoms with van der Waals surface area (Å²) in [5.74, 6) is 0.930. The number of aliphatic hydroxyl groups is 1. The van der Waals surface area contributed by atoms with Crippen LogP contribution in [-0.4, -0.2) is 39.7 Å². The van der Waals surface area contributed by atoms with Crippen molar-refractivity contribution in [2.45, 2.75) is 52.1 Å². The molecule has 0 saturated carbocycles. The topological polar surface area (TPSA) is 41.3 Å².